The predicted octanol–water partition coefficient (Wildman–Crippen LogP) is 2.23. The van der Waals surface area contributed by atoms with Gasteiger partial charge in [0, 0.05) is 36.5 Å². The number of H-pyrrole nitrogens is 1. The number of benzene rings is 2. The number of likely N-dealkylation sites (tertiary alicyclic amines) is 1. The third-order valence-corrected chi connectivity index (χ3v) is 7.41. The van der Waals surface area contributed by atoms with Crippen molar-refractivity contribution in [3.8, 4) is 0 Å². The summed E-state index contributed by atoms with van der Waals surface area (Å²) in [7, 11) is 1.87. The Bertz CT molecular complexity index is 1410. The molecule has 2 aromatic carbocycles. The average Bonchev–Trinajstić information content (AvgIpc) is 3.60. The van der Waals surface area contributed by atoms with Gasteiger partial charge in [-0.15, -0.1) is 0 Å². The number of nitrogens with zero attached hydrogens (tertiary/aromatic N) is 1. The second kappa shape index (κ2) is 13.8. The molecule has 2 heterocycles. The second-order valence-electron chi connectivity index (χ2n) is 10.3. The van der Waals surface area contributed by atoms with Crippen molar-refractivity contribution >= 4 is 40.6 Å². The standard InChI is InChI=1S/C30H35FN6O4/c1-37-14-4-7-27(37)30(41)36-26(15-20-18-33-24-6-3-2-5-23(20)24)29(40)35-25(13-12-22(38)16-32)28(39)34-17-19-8-10-21(31)11-9-19/h2-3,5-6,8-11,16,18,25-27,32-33H,4,7,12-15,17H2,1H3,(H,34,39)(H,35,40)(H,36,41)/t25-,26-,27-/m0/s1. The summed E-state index contributed by atoms with van der Waals surface area (Å²) in [6.07, 6.45) is 4.07. The molecule has 3 amide bonds. The van der Waals surface area contributed by atoms with Gasteiger partial charge in [0.05, 0.1) is 12.3 Å². The van der Waals surface area contributed by atoms with Gasteiger partial charge in [-0.2, -0.15) is 0 Å². The molecule has 0 aliphatic carbocycles. The van der Waals surface area contributed by atoms with E-state index in [2.05, 4.69) is 20.9 Å². The van der Waals surface area contributed by atoms with Gasteiger partial charge in [-0.1, -0.05) is 30.3 Å². The molecule has 1 aromatic heterocycles. The fourth-order valence-electron chi connectivity index (χ4n) is 5.05. The highest BCUT2D eigenvalue weighted by Crippen LogP contribution is 2.20. The maximum Gasteiger partial charge on any atom is 0.243 e. The number of fused-ring (bicyclic) bond motifs is 1. The van der Waals surface area contributed by atoms with Crippen molar-refractivity contribution in [2.75, 3.05) is 13.6 Å². The van der Waals surface area contributed by atoms with Crippen molar-refractivity contribution in [2.24, 2.45) is 0 Å². The first-order chi connectivity index (χ1) is 19.7. The number of rotatable bonds is 13. The Morgan fingerprint density at radius 3 is 2.54 bits per heavy atom. The summed E-state index contributed by atoms with van der Waals surface area (Å²) in [6.45, 7) is 0.877. The number of hydrogen-bond acceptors (Lipinski definition) is 6. The Hall–Kier alpha value is -4.38. The Morgan fingerprint density at radius 1 is 1.07 bits per heavy atom. The minimum Gasteiger partial charge on any atom is -0.361 e. The van der Waals surface area contributed by atoms with E-state index in [4.69, 9.17) is 5.41 Å². The maximum atomic E-state index is 13.7. The number of carbonyl (C=O) groups is 4. The first-order valence-electron chi connectivity index (χ1n) is 13.7. The first kappa shape index (κ1) is 29.6. The molecule has 3 atom stereocenters. The number of nitrogens with one attached hydrogen (secondary N) is 5. The molecular weight excluding hydrogens is 527 g/mol. The van der Waals surface area contributed by atoms with Gasteiger partial charge in [0.25, 0.3) is 0 Å². The fraction of sp³-hybridized carbons (Fsp3) is 0.367. The second-order valence-corrected chi connectivity index (χ2v) is 10.3. The van der Waals surface area contributed by atoms with Crippen LogP contribution in [0.2, 0.25) is 0 Å². The minimum absolute atomic E-state index is 0.0334. The summed E-state index contributed by atoms with van der Waals surface area (Å²) in [4.78, 5) is 57.0. The summed E-state index contributed by atoms with van der Waals surface area (Å²) < 4.78 is 13.3. The molecule has 216 valence electrons. The monoisotopic (exact) mass is 562 g/mol. The molecule has 1 aliphatic heterocycles. The van der Waals surface area contributed by atoms with E-state index in [9.17, 15) is 23.6 Å². The first-order valence-corrected chi connectivity index (χ1v) is 13.7. The van der Waals surface area contributed by atoms with Crippen LogP contribution in [0.15, 0.2) is 54.7 Å². The van der Waals surface area contributed by atoms with Gasteiger partial charge in [-0.05, 0) is 62.2 Å². The molecule has 1 aliphatic rings. The Morgan fingerprint density at radius 2 is 1.83 bits per heavy atom. The molecule has 0 unspecified atom stereocenters. The van der Waals surface area contributed by atoms with E-state index >= 15 is 0 Å². The highest BCUT2D eigenvalue weighted by Gasteiger charge is 2.33. The van der Waals surface area contributed by atoms with Crippen molar-refractivity contribution in [3.05, 3.63) is 71.7 Å². The van der Waals surface area contributed by atoms with Gasteiger partial charge in [0.1, 0.15) is 17.9 Å². The van der Waals surface area contributed by atoms with Gasteiger partial charge >= 0.3 is 0 Å². The highest BCUT2D eigenvalue weighted by molar-refractivity contribution is 6.26. The molecule has 5 N–H and O–H groups in total. The van der Waals surface area contributed by atoms with Crippen LogP contribution in [-0.4, -0.2) is 71.3 Å². The van der Waals surface area contributed by atoms with Crippen molar-refractivity contribution in [2.45, 2.75) is 56.8 Å². The maximum absolute atomic E-state index is 13.7. The average molecular weight is 563 g/mol. The summed E-state index contributed by atoms with van der Waals surface area (Å²) in [5.41, 5.74) is 2.38. The number of hydrogen-bond donors (Lipinski definition) is 5. The number of ketones is 1. The Balaban J connectivity index is 1.52. The number of carbonyl (C=O) groups excluding carboxylic acids is 4. The number of para-hydroxylation sites is 1. The number of halogens is 1. The summed E-state index contributed by atoms with van der Waals surface area (Å²) in [5.74, 6) is -2.24. The fourth-order valence-corrected chi connectivity index (χ4v) is 5.05. The lowest BCUT2D eigenvalue weighted by Gasteiger charge is -2.25. The van der Waals surface area contributed by atoms with Crippen LogP contribution in [0.1, 0.15) is 36.8 Å². The van der Waals surface area contributed by atoms with E-state index in [1.54, 1.807) is 6.20 Å². The topological polar surface area (TPSA) is 147 Å². The lowest BCUT2D eigenvalue weighted by Crippen LogP contribution is -2.56. The summed E-state index contributed by atoms with van der Waals surface area (Å²) >= 11 is 0. The zero-order valence-electron chi connectivity index (χ0n) is 22.9. The zero-order chi connectivity index (χ0) is 29.4. The van der Waals surface area contributed by atoms with Crippen LogP contribution in [0.4, 0.5) is 4.39 Å². The minimum atomic E-state index is -1.09. The van der Waals surface area contributed by atoms with Crippen molar-refractivity contribution < 1.29 is 23.6 Å². The van der Waals surface area contributed by atoms with Crippen LogP contribution in [0.25, 0.3) is 10.9 Å². The molecule has 1 fully saturated rings. The molecule has 11 heteroatoms. The van der Waals surface area contributed by atoms with Gasteiger partial charge in [0.2, 0.25) is 17.7 Å². The SMILES string of the molecule is CN1CCC[C@H]1C(=O)N[C@@H](Cc1c[nH]c2ccccc12)C(=O)N[C@@H](CCC(=O)C=N)C(=O)NCc1ccc(F)cc1. The van der Waals surface area contributed by atoms with E-state index in [1.165, 1.54) is 24.3 Å². The summed E-state index contributed by atoms with van der Waals surface area (Å²) in [5, 5.41) is 16.5. The normalized spacial score (nSPS) is 16.6. The van der Waals surface area contributed by atoms with Gasteiger partial charge in [-0.25, -0.2) is 4.39 Å². The van der Waals surface area contributed by atoms with Crippen LogP contribution in [0, 0.1) is 11.2 Å². The van der Waals surface area contributed by atoms with Gasteiger partial charge in [0.15, 0.2) is 5.78 Å². The van der Waals surface area contributed by atoms with Gasteiger partial charge in [-0.3, -0.25) is 24.1 Å². The van der Waals surface area contributed by atoms with E-state index in [0.29, 0.717) is 18.2 Å². The van der Waals surface area contributed by atoms with Crippen LogP contribution in [-0.2, 0) is 32.1 Å². The summed E-state index contributed by atoms with van der Waals surface area (Å²) in [6, 6.07) is 10.8. The molecule has 0 bridgehead atoms. The number of aromatic nitrogens is 1. The molecule has 0 spiro atoms. The van der Waals surface area contributed by atoms with Crippen LogP contribution in [0.3, 0.4) is 0 Å². The lowest BCUT2D eigenvalue weighted by atomic mass is 10.0. The van der Waals surface area contributed by atoms with Crippen LogP contribution >= 0.6 is 0 Å². The number of aromatic amines is 1. The number of likely N-dealkylation sites (N-methyl/N-ethyl adjacent to an activating group) is 1. The van der Waals surface area contributed by atoms with Crippen molar-refractivity contribution in [3.63, 3.8) is 0 Å². The largest absolute Gasteiger partial charge is 0.361 e. The van der Waals surface area contributed by atoms with E-state index < -0.39 is 35.5 Å². The molecule has 0 saturated carbocycles. The van der Waals surface area contributed by atoms with E-state index in [-0.39, 0.29) is 37.8 Å². The Kier molecular flexibility index (Phi) is 9.96. The third-order valence-electron chi connectivity index (χ3n) is 7.41. The highest BCUT2D eigenvalue weighted by atomic mass is 19.1. The molecule has 1 saturated heterocycles. The van der Waals surface area contributed by atoms with Crippen molar-refractivity contribution in [1.82, 2.24) is 25.8 Å². The van der Waals surface area contributed by atoms with E-state index in [1.807, 2.05) is 36.2 Å². The van der Waals surface area contributed by atoms with Crippen molar-refractivity contribution in [1.29, 1.82) is 5.41 Å². The molecule has 41 heavy (non-hydrogen) atoms. The molecule has 4 rings (SSSR count). The molecular formula is C30H35FN6O4. The predicted molar refractivity (Wildman–Crippen MR) is 153 cm³/mol. The molecule has 0 radical (unpaired) electrons. The molecule has 10 nitrogen and oxygen atoms in total. The lowest BCUT2D eigenvalue weighted by molar-refractivity contribution is -0.133. The third kappa shape index (κ3) is 7.85. The molecule has 3 aromatic rings. The smallest absolute Gasteiger partial charge is 0.243 e. The van der Waals surface area contributed by atoms with Crippen LogP contribution < -0.4 is 16.0 Å². The van der Waals surface area contributed by atoms with Gasteiger partial charge < -0.3 is 26.3 Å². The van der Waals surface area contributed by atoms with E-state index in [0.717, 1.165) is 29.4 Å². The number of Topliss-reactive ketones (excluding diaryl/α,β-unsaturated/α-hetero) is 1. The Labute approximate surface area is 237 Å². The quantitative estimate of drug-likeness (QED) is 0.203. The van der Waals surface area contributed by atoms with Crippen LogP contribution in [0.5, 0.6) is 0 Å². The zero-order valence-corrected chi connectivity index (χ0v) is 22.9. The number of amides is 3.